The number of nitrogens with zero attached hydrogens (tertiary/aromatic N) is 2. The molecule has 0 aliphatic carbocycles. The van der Waals surface area contributed by atoms with E-state index in [1.807, 2.05) is 0 Å². The maximum Gasteiger partial charge on any atom is 0.335 e. The molecule has 4 aromatic rings. The Morgan fingerprint density at radius 2 is 1.50 bits per heavy atom. The van der Waals surface area contributed by atoms with Crippen LogP contribution in [0.5, 0.6) is 0 Å². The number of carboxylic acids is 1. The molecule has 1 aliphatic heterocycles. The van der Waals surface area contributed by atoms with Crippen molar-refractivity contribution in [3.05, 3.63) is 99.3 Å². The van der Waals surface area contributed by atoms with Gasteiger partial charge in [-0.1, -0.05) is 41.4 Å². The van der Waals surface area contributed by atoms with Gasteiger partial charge in [-0.15, -0.1) is 0 Å². The van der Waals surface area contributed by atoms with E-state index in [0.717, 1.165) is 0 Å². The summed E-state index contributed by atoms with van der Waals surface area (Å²) >= 11 is 12.7. The third-order valence-corrected chi connectivity index (χ3v) is 6.81. The first-order chi connectivity index (χ1) is 17.3. The Morgan fingerprint density at radius 1 is 0.861 bits per heavy atom. The highest BCUT2D eigenvalue weighted by Crippen LogP contribution is 2.33. The Morgan fingerprint density at radius 3 is 2.14 bits per heavy atom. The van der Waals surface area contributed by atoms with E-state index in [4.69, 9.17) is 27.9 Å². The van der Waals surface area contributed by atoms with Gasteiger partial charge in [-0.05, 0) is 48.0 Å². The Balaban J connectivity index is 1.67. The van der Waals surface area contributed by atoms with Crippen molar-refractivity contribution in [1.29, 1.82) is 0 Å². The summed E-state index contributed by atoms with van der Waals surface area (Å²) < 4.78 is 7.01. The molecule has 3 heterocycles. The summed E-state index contributed by atoms with van der Waals surface area (Å²) in [6, 6.07) is 16.4. The van der Waals surface area contributed by atoms with Crippen LogP contribution in [0.4, 0.5) is 0 Å². The minimum atomic E-state index is -1.03. The summed E-state index contributed by atoms with van der Waals surface area (Å²) in [5.41, 5.74) is 3.10. The number of rotatable bonds is 5. The SMILES string of the molecule is O=C(O)c1ccc(-c2cc(C(=O)c3c(Cl)cccc3Cl)n3cc(C(=O)N4CCOCC4)ccc23)cc1. The second-order valence-electron chi connectivity index (χ2n) is 8.33. The van der Waals surface area contributed by atoms with Gasteiger partial charge in [0.2, 0.25) is 5.78 Å². The van der Waals surface area contributed by atoms with Gasteiger partial charge in [-0.2, -0.15) is 0 Å². The first-order valence-corrected chi connectivity index (χ1v) is 12.0. The van der Waals surface area contributed by atoms with Crippen LogP contribution in [0.15, 0.2) is 66.9 Å². The van der Waals surface area contributed by atoms with Gasteiger partial charge in [-0.3, -0.25) is 9.59 Å². The molecule has 1 N–H and O–H groups in total. The van der Waals surface area contributed by atoms with E-state index in [-0.39, 0.29) is 32.8 Å². The predicted molar refractivity (Wildman–Crippen MR) is 136 cm³/mol. The van der Waals surface area contributed by atoms with E-state index in [9.17, 15) is 19.5 Å². The minimum absolute atomic E-state index is 0.153. The fourth-order valence-electron chi connectivity index (χ4n) is 4.32. The van der Waals surface area contributed by atoms with Gasteiger partial charge >= 0.3 is 5.97 Å². The number of hydrogen-bond acceptors (Lipinski definition) is 4. The zero-order valence-corrected chi connectivity index (χ0v) is 20.4. The molecule has 0 saturated carbocycles. The summed E-state index contributed by atoms with van der Waals surface area (Å²) in [5, 5.41) is 9.68. The fraction of sp³-hybridized carbons (Fsp3) is 0.148. The molecule has 0 spiro atoms. The van der Waals surface area contributed by atoms with Crippen LogP contribution in [-0.2, 0) is 4.74 Å². The van der Waals surface area contributed by atoms with Crippen LogP contribution >= 0.6 is 23.2 Å². The standard InChI is InChI=1S/C27H20Cl2N2O5/c28-20-2-1-3-21(29)24(20)25(32)23-14-19(16-4-6-17(7-5-16)27(34)35)22-9-8-18(15-31(22)23)26(33)30-10-12-36-13-11-30/h1-9,14-15H,10-13H2,(H,34,35). The van der Waals surface area contributed by atoms with Crippen molar-refractivity contribution in [3.8, 4) is 11.1 Å². The molecule has 5 rings (SSSR count). The predicted octanol–water partition coefficient (Wildman–Crippen LogP) is 5.31. The number of ketones is 1. The van der Waals surface area contributed by atoms with E-state index in [1.54, 1.807) is 64.0 Å². The molecule has 0 radical (unpaired) electrons. The number of amides is 1. The molecule has 36 heavy (non-hydrogen) atoms. The Bertz CT molecular complexity index is 1480. The van der Waals surface area contributed by atoms with Crippen molar-refractivity contribution in [2.75, 3.05) is 26.3 Å². The molecule has 1 fully saturated rings. The van der Waals surface area contributed by atoms with Crippen molar-refractivity contribution < 1.29 is 24.2 Å². The summed E-state index contributed by atoms with van der Waals surface area (Å²) in [6.45, 7) is 1.93. The van der Waals surface area contributed by atoms with Crippen LogP contribution < -0.4 is 0 Å². The monoisotopic (exact) mass is 522 g/mol. The van der Waals surface area contributed by atoms with Crippen molar-refractivity contribution in [2.24, 2.45) is 0 Å². The molecule has 182 valence electrons. The average Bonchev–Trinajstić information content (AvgIpc) is 3.27. The molecule has 1 amide bonds. The number of fused-ring (bicyclic) bond motifs is 1. The zero-order chi connectivity index (χ0) is 25.4. The Kier molecular flexibility index (Phi) is 6.53. The lowest BCUT2D eigenvalue weighted by atomic mass is 10.0. The van der Waals surface area contributed by atoms with Gasteiger partial charge in [-0.25, -0.2) is 4.79 Å². The number of aromatic nitrogens is 1. The average molecular weight is 523 g/mol. The molecule has 1 saturated heterocycles. The van der Waals surface area contributed by atoms with Crippen LogP contribution in [0.2, 0.25) is 10.0 Å². The van der Waals surface area contributed by atoms with E-state index < -0.39 is 11.8 Å². The van der Waals surface area contributed by atoms with Crippen LogP contribution in [0, 0.1) is 0 Å². The van der Waals surface area contributed by atoms with E-state index in [1.165, 1.54) is 12.1 Å². The number of pyridine rings is 1. The lowest BCUT2D eigenvalue weighted by molar-refractivity contribution is 0.0302. The van der Waals surface area contributed by atoms with Crippen LogP contribution in [0.3, 0.4) is 0 Å². The highest BCUT2D eigenvalue weighted by Gasteiger charge is 2.24. The number of morpholine rings is 1. The summed E-state index contributed by atoms with van der Waals surface area (Å²) in [5.74, 6) is -1.58. The van der Waals surface area contributed by atoms with Crippen LogP contribution in [0.1, 0.15) is 36.8 Å². The molecule has 9 heteroatoms. The molecular formula is C27H20Cl2N2O5. The largest absolute Gasteiger partial charge is 0.478 e. The van der Waals surface area contributed by atoms with Crippen molar-refractivity contribution >= 4 is 46.4 Å². The Hall–Kier alpha value is -3.65. The number of halogens is 2. The smallest absolute Gasteiger partial charge is 0.335 e. The lowest BCUT2D eigenvalue weighted by Gasteiger charge is -2.26. The second-order valence-corrected chi connectivity index (χ2v) is 9.14. The number of carbonyl (C=O) groups is 3. The van der Waals surface area contributed by atoms with Gasteiger partial charge in [0.25, 0.3) is 5.91 Å². The molecular weight excluding hydrogens is 503 g/mol. The van der Waals surface area contributed by atoms with Gasteiger partial charge in [0.05, 0.1) is 51.2 Å². The first-order valence-electron chi connectivity index (χ1n) is 11.2. The van der Waals surface area contributed by atoms with Crippen LogP contribution in [0.25, 0.3) is 16.6 Å². The van der Waals surface area contributed by atoms with Gasteiger partial charge in [0.1, 0.15) is 0 Å². The second kappa shape index (κ2) is 9.78. The van der Waals surface area contributed by atoms with Crippen molar-refractivity contribution in [3.63, 3.8) is 0 Å². The molecule has 7 nitrogen and oxygen atoms in total. The lowest BCUT2D eigenvalue weighted by Crippen LogP contribution is -2.40. The summed E-state index contributed by atoms with van der Waals surface area (Å²) in [6.07, 6.45) is 1.64. The number of carbonyl (C=O) groups excluding carboxylic acids is 2. The molecule has 0 unspecified atom stereocenters. The maximum absolute atomic E-state index is 13.7. The van der Waals surface area contributed by atoms with Crippen molar-refractivity contribution in [2.45, 2.75) is 0 Å². The number of hydrogen-bond donors (Lipinski definition) is 1. The van der Waals surface area contributed by atoms with E-state index in [2.05, 4.69) is 0 Å². The topological polar surface area (TPSA) is 88.3 Å². The summed E-state index contributed by atoms with van der Waals surface area (Å²) in [4.78, 5) is 39.9. The highest BCUT2D eigenvalue weighted by atomic mass is 35.5. The van der Waals surface area contributed by atoms with Crippen molar-refractivity contribution in [1.82, 2.24) is 9.30 Å². The van der Waals surface area contributed by atoms with Crippen LogP contribution in [-0.4, -0.2) is 58.4 Å². The number of benzene rings is 2. The normalized spacial score (nSPS) is 13.7. The molecule has 2 aromatic heterocycles. The quantitative estimate of drug-likeness (QED) is 0.358. The third kappa shape index (κ3) is 4.37. The molecule has 2 aromatic carbocycles. The molecule has 0 atom stereocenters. The minimum Gasteiger partial charge on any atom is -0.478 e. The third-order valence-electron chi connectivity index (χ3n) is 6.18. The van der Waals surface area contributed by atoms with E-state index >= 15 is 0 Å². The zero-order valence-electron chi connectivity index (χ0n) is 18.9. The fourth-order valence-corrected chi connectivity index (χ4v) is 4.89. The molecule has 0 bridgehead atoms. The number of ether oxygens (including phenoxy) is 1. The Labute approximate surface area is 216 Å². The highest BCUT2D eigenvalue weighted by molar-refractivity contribution is 6.41. The van der Waals surface area contributed by atoms with Gasteiger partial charge < -0.3 is 19.1 Å². The summed E-state index contributed by atoms with van der Waals surface area (Å²) in [7, 11) is 0. The number of aromatic carboxylic acids is 1. The number of carboxylic acid groups (broad SMARTS) is 1. The maximum atomic E-state index is 13.7. The molecule has 1 aliphatic rings. The van der Waals surface area contributed by atoms with E-state index in [0.29, 0.717) is 48.5 Å². The van der Waals surface area contributed by atoms with Gasteiger partial charge in [0, 0.05) is 24.8 Å². The first kappa shape index (κ1) is 24.1. The van der Waals surface area contributed by atoms with Gasteiger partial charge in [0.15, 0.2) is 0 Å².